The van der Waals surface area contributed by atoms with Crippen LogP contribution in [0, 0.1) is 0 Å². The second-order valence-electron chi connectivity index (χ2n) is 3.13. The smallest absolute Gasteiger partial charge is 0.340 e. The summed E-state index contributed by atoms with van der Waals surface area (Å²) < 4.78 is 4.79. The Balaban J connectivity index is 4.47. The monoisotopic (exact) mass is 251 g/mol. The van der Waals surface area contributed by atoms with Crippen molar-refractivity contribution in [3.8, 4) is 0 Å². The van der Waals surface area contributed by atoms with Crippen molar-refractivity contribution in [2.75, 3.05) is 5.88 Å². The number of ether oxygens (including phenoxy) is 1. The van der Waals surface area contributed by atoms with Gasteiger partial charge in [-0.1, -0.05) is 6.92 Å². The Bertz CT molecular complexity index is 281. The molecule has 0 heterocycles. The first-order valence-corrected chi connectivity index (χ1v) is 5.24. The molecule has 0 aromatic heterocycles. The Labute approximate surface area is 97.9 Å². The van der Waals surface area contributed by atoms with Crippen LogP contribution in [0.5, 0.6) is 0 Å². The fraction of sp³-hybridized carbons (Fsp3) is 0.667. The maximum Gasteiger partial charge on any atom is 0.340 e. The molecule has 0 aliphatic rings. The van der Waals surface area contributed by atoms with Crippen LogP contribution in [0.25, 0.3) is 0 Å². The Morgan fingerprint density at radius 2 is 2.00 bits per heavy atom. The Morgan fingerprint density at radius 1 is 1.44 bits per heavy atom. The van der Waals surface area contributed by atoms with Crippen LogP contribution in [0.3, 0.4) is 0 Å². The van der Waals surface area contributed by atoms with E-state index in [9.17, 15) is 14.4 Å². The predicted octanol–water partition coefficient (Wildman–Crippen LogP) is 0.136. The molecule has 2 N–H and O–H groups in total. The van der Waals surface area contributed by atoms with Gasteiger partial charge in [0.1, 0.15) is 5.88 Å². The Hall–Kier alpha value is -1.30. The van der Waals surface area contributed by atoms with Crippen molar-refractivity contribution in [2.45, 2.75) is 32.4 Å². The first-order chi connectivity index (χ1) is 7.42. The van der Waals surface area contributed by atoms with Crippen LogP contribution in [-0.4, -0.2) is 41.0 Å². The lowest BCUT2D eigenvalue weighted by Gasteiger charge is -2.16. The van der Waals surface area contributed by atoms with Gasteiger partial charge >= 0.3 is 11.9 Å². The third-order valence-corrected chi connectivity index (χ3v) is 2.04. The molecule has 0 spiro atoms. The number of hydrogen-bond acceptors (Lipinski definition) is 4. The number of nitrogens with one attached hydrogen (secondary N) is 1. The van der Waals surface area contributed by atoms with Crippen LogP contribution in [0.4, 0.5) is 0 Å². The average Bonchev–Trinajstić information content (AvgIpc) is 2.24. The van der Waals surface area contributed by atoms with Gasteiger partial charge < -0.3 is 15.2 Å². The molecule has 7 heteroatoms. The van der Waals surface area contributed by atoms with Crippen molar-refractivity contribution < 1.29 is 24.2 Å². The number of carboxylic acids is 1. The van der Waals surface area contributed by atoms with Crippen molar-refractivity contribution >= 4 is 29.4 Å². The fourth-order valence-electron chi connectivity index (χ4n) is 0.771. The maximum atomic E-state index is 11.3. The summed E-state index contributed by atoms with van der Waals surface area (Å²) in [4.78, 5) is 32.9. The summed E-state index contributed by atoms with van der Waals surface area (Å²) in [7, 11) is 0. The summed E-state index contributed by atoms with van der Waals surface area (Å²) in [5.74, 6) is -3.64. The van der Waals surface area contributed by atoms with Gasteiger partial charge in [-0.3, -0.25) is 4.79 Å². The molecule has 16 heavy (non-hydrogen) atoms. The normalized spacial score (nSPS) is 13.7. The highest BCUT2D eigenvalue weighted by Gasteiger charge is 2.30. The van der Waals surface area contributed by atoms with E-state index in [1.54, 1.807) is 13.8 Å². The Kier molecular flexibility index (Phi) is 6.48. The summed E-state index contributed by atoms with van der Waals surface area (Å²) in [5, 5.41) is 10.7. The van der Waals surface area contributed by atoms with E-state index in [0.717, 1.165) is 0 Å². The van der Waals surface area contributed by atoms with Crippen molar-refractivity contribution in [3.63, 3.8) is 0 Å². The lowest BCUT2D eigenvalue weighted by atomic mass is 10.2. The predicted molar refractivity (Wildman–Crippen MR) is 56.1 cm³/mol. The van der Waals surface area contributed by atoms with E-state index in [0.29, 0.717) is 6.42 Å². The highest BCUT2D eigenvalue weighted by atomic mass is 35.5. The van der Waals surface area contributed by atoms with Crippen LogP contribution < -0.4 is 5.32 Å². The minimum Gasteiger partial charge on any atom is -0.479 e. The van der Waals surface area contributed by atoms with E-state index in [-0.39, 0.29) is 0 Å². The second-order valence-corrected chi connectivity index (χ2v) is 3.40. The van der Waals surface area contributed by atoms with Gasteiger partial charge in [0.05, 0.1) is 6.10 Å². The average molecular weight is 252 g/mol. The topological polar surface area (TPSA) is 92.7 Å². The molecule has 0 bridgehead atoms. The summed E-state index contributed by atoms with van der Waals surface area (Å²) in [6, 6.07) is -1.71. The number of carbonyl (C=O) groups is 3. The molecule has 1 amide bonds. The number of carboxylic acid groups (broad SMARTS) is 1. The minimum absolute atomic E-state index is 0.401. The standard InChI is InChI=1S/C9H14ClNO5/c1-3-5(2)16-9(15)7(8(13)14)11-6(12)4-10/h5,7H,3-4H2,1-2H3,(H,11,12)(H,13,14). The summed E-state index contributed by atoms with van der Waals surface area (Å²) in [6.45, 7) is 3.41. The van der Waals surface area contributed by atoms with E-state index in [2.05, 4.69) is 0 Å². The molecular weight excluding hydrogens is 238 g/mol. The zero-order valence-corrected chi connectivity index (χ0v) is 9.78. The van der Waals surface area contributed by atoms with Gasteiger partial charge in [0.15, 0.2) is 0 Å². The van der Waals surface area contributed by atoms with Crippen molar-refractivity contribution in [2.24, 2.45) is 0 Å². The van der Waals surface area contributed by atoms with Crippen molar-refractivity contribution in [3.05, 3.63) is 0 Å². The van der Waals surface area contributed by atoms with Crippen molar-refractivity contribution in [1.82, 2.24) is 5.32 Å². The first-order valence-electron chi connectivity index (χ1n) is 4.71. The van der Waals surface area contributed by atoms with Crippen LogP contribution in [-0.2, 0) is 19.1 Å². The van der Waals surface area contributed by atoms with Gasteiger partial charge in [0.2, 0.25) is 11.9 Å². The van der Waals surface area contributed by atoms with E-state index in [1.807, 2.05) is 5.32 Å². The number of carbonyl (C=O) groups excluding carboxylic acids is 2. The number of amides is 1. The SMILES string of the molecule is CCC(C)OC(=O)C(NC(=O)CCl)C(=O)O. The maximum absolute atomic E-state index is 11.3. The fourth-order valence-corrected chi connectivity index (χ4v) is 0.848. The lowest BCUT2D eigenvalue weighted by Crippen LogP contribution is -2.48. The van der Waals surface area contributed by atoms with E-state index < -0.39 is 35.9 Å². The highest BCUT2D eigenvalue weighted by Crippen LogP contribution is 2.00. The molecule has 0 fully saturated rings. The van der Waals surface area contributed by atoms with Gasteiger partial charge in [-0.25, -0.2) is 9.59 Å². The number of aliphatic carboxylic acids is 1. The molecule has 6 nitrogen and oxygen atoms in total. The molecule has 0 rings (SSSR count). The van der Waals surface area contributed by atoms with E-state index in [1.165, 1.54) is 0 Å². The van der Waals surface area contributed by atoms with E-state index >= 15 is 0 Å². The summed E-state index contributed by atoms with van der Waals surface area (Å²) in [6.07, 6.45) is 0.156. The molecule has 0 saturated carbocycles. The van der Waals surface area contributed by atoms with Gasteiger partial charge in [-0.05, 0) is 13.3 Å². The number of rotatable bonds is 6. The van der Waals surface area contributed by atoms with Gasteiger partial charge in [0.25, 0.3) is 0 Å². The van der Waals surface area contributed by atoms with E-state index in [4.69, 9.17) is 21.4 Å². The van der Waals surface area contributed by atoms with Crippen LogP contribution in [0.1, 0.15) is 20.3 Å². The molecule has 0 saturated heterocycles. The molecular formula is C9H14ClNO5. The van der Waals surface area contributed by atoms with Crippen molar-refractivity contribution in [1.29, 1.82) is 0 Å². The zero-order chi connectivity index (χ0) is 12.7. The number of alkyl halides is 1. The van der Waals surface area contributed by atoms with Crippen LogP contribution in [0.15, 0.2) is 0 Å². The third-order valence-electron chi connectivity index (χ3n) is 1.80. The molecule has 0 aliphatic heterocycles. The molecule has 2 unspecified atom stereocenters. The van der Waals surface area contributed by atoms with Crippen LogP contribution in [0.2, 0.25) is 0 Å². The quantitative estimate of drug-likeness (QED) is 0.398. The first kappa shape index (κ1) is 14.7. The number of hydrogen-bond donors (Lipinski definition) is 2. The third kappa shape index (κ3) is 4.97. The molecule has 0 aromatic carbocycles. The zero-order valence-electron chi connectivity index (χ0n) is 9.03. The largest absolute Gasteiger partial charge is 0.479 e. The Morgan fingerprint density at radius 3 is 2.38 bits per heavy atom. The van der Waals surface area contributed by atoms with Gasteiger partial charge in [0, 0.05) is 0 Å². The van der Waals surface area contributed by atoms with Gasteiger partial charge in [-0.2, -0.15) is 0 Å². The second kappa shape index (κ2) is 7.05. The molecule has 0 radical (unpaired) electrons. The number of esters is 1. The molecule has 0 aromatic rings. The molecule has 2 atom stereocenters. The van der Waals surface area contributed by atoms with Gasteiger partial charge in [-0.15, -0.1) is 11.6 Å². The molecule has 92 valence electrons. The lowest BCUT2D eigenvalue weighted by molar-refractivity contribution is -0.159. The molecule has 0 aliphatic carbocycles. The minimum atomic E-state index is -1.71. The van der Waals surface area contributed by atoms with Crippen LogP contribution >= 0.6 is 11.6 Å². The number of halogens is 1. The summed E-state index contributed by atoms with van der Waals surface area (Å²) in [5.41, 5.74) is 0. The summed E-state index contributed by atoms with van der Waals surface area (Å²) >= 11 is 5.18. The highest BCUT2D eigenvalue weighted by molar-refractivity contribution is 6.27.